The predicted octanol–water partition coefficient (Wildman–Crippen LogP) is 4.00. The van der Waals surface area contributed by atoms with Crippen LogP contribution in [0.3, 0.4) is 0 Å². The first-order valence-corrected chi connectivity index (χ1v) is 10.8. The number of likely N-dealkylation sites (N-methyl/N-ethyl adjacent to an activating group) is 1. The van der Waals surface area contributed by atoms with Gasteiger partial charge in [-0.05, 0) is 43.7 Å². The zero-order valence-electron chi connectivity index (χ0n) is 17.9. The summed E-state index contributed by atoms with van der Waals surface area (Å²) in [4.78, 5) is 24.3. The Morgan fingerprint density at radius 1 is 1.16 bits per heavy atom. The van der Waals surface area contributed by atoms with Crippen LogP contribution in [0.5, 0.6) is 0 Å². The fourth-order valence-electron chi connectivity index (χ4n) is 4.68. The lowest BCUT2D eigenvalue weighted by molar-refractivity contribution is -0.135. The zero-order valence-corrected chi connectivity index (χ0v) is 17.9. The zero-order chi connectivity index (χ0) is 21.3. The smallest absolute Gasteiger partial charge is 0.245 e. The van der Waals surface area contributed by atoms with E-state index in [0.29, 0.717) is 12.5 Å². The van der Waals surface area contributed by atoms with Crippen molar-refractivity contribution < 1.29 is 4.79 Å². The Morgan fingerprint density at radius 3 is 2.74 bits per heavy atom. The number of benzene rings is 1. The Hall–Kier alpha value is -3.48. The maximum Gasteiger partial charge on any atom is 0.245 e. The summed E-state index contributed by atoms with van der Waals surface area (Å²) >= 11 is 0. The molecule has 4 aromatic rings. The van der Waals surface area contributed by atoms with Gasteiger partial charge in [-0.2, -0.15) is 5.10 Å². The summed E-state index contributed by atoms with van der Waals surface area (Å²) in [5.74, 6) is 2.47. The molecule has 0 unspecified atom stereocenters. The summed E-state index contributed by atoms with van der Waals surface area (Å²) in [6, 6.07) is 8.13. The minimum absolute atomic E-state index is 0.150. The molecular weight excluding hydrogens is 388 g/mol. The van der Waals surface area contributed by atoms with Gasteiger partial charge in [0.1, 0.15) is 11.9 Å². The molecule has 1 aliphatic carbocycles. The second kappa shape index (κ2) is 6.51. The molecule has 0 radical (unpaired) electrons. The molecule has 2 aliphatic rings. The number of hydrogen-bond acceptors (Lipinski definition) is 4. The monoisotopic (exact) mass is 412 g/mol. The minimum Gasteiger partial charge on any atom is -0.338 e. The maximum atomic E-state index is 12.7. The molecule has 1 amide bonds. The molecule has 1 atom stereocenters. The van der Waals surface area contributed by atoms with Crippen LogP contribution < -0.4 is 0 Å². The molecule has 0 bridgehead atoms. The summed E-state index contributed by atoms with van der Waals surface area (Å²) in [5.41, 5.74) is 4.26. The van der Waals surface area contributed by atoms with Gasteiger partial charge in [-0.3, -0.25) is 4.79 Å². The van der Waals surface area contributed by atoms with Crippen LogP contribution in [0.25, 0.3) is 27.8 Å². The highest BCUT2D eigenvalue weighted by Crippen LogP contribution is 2.44. The van der Waals surface area contributed by atoms with Gasteiger partial charge >= 0.3 is 0 Å². The van der Waals surface area contributed by atoms with Gasteiger partial charge in [0.2, 0.25) is 5.91 Å². The molecule has 4 heterocycles. The summed E-state index contributed by atoms with van der Waals surface area (Å²) in [7, 11) is 1.87. The Bertz CT molecular complexity index is 1350. The first kappa shape index (κ1) is 18.3. The van der Waals surface area contributed by atoms with Crippen molar-refractivity contribution in [1.29, 1.82) is 0 Å². The van der Waals surface area contributed by atoms with Crippen LogP contribution in [0, 0.1) is 6.92 Å². The van der Waals surface area contributed by atoms with Crippen LogP contribution >= 0.6 is 0 Å². The SMILES string of the molecule is Cc1cnn(-c2cc3cccc(-c4nc(C5CC5)n5c4CN(C)C(=O)[C@H]5C)c3cn2)c1. The van der Waals surface area contributed by atoms with E-state index in [1.807, 2.05) is 44.4 Å². The third kappa shape index (κ3) is 2.80. The van der Waals surface area contributed by atoms with Gasteiger partial charge < -0.3 is 9.47 Å². The third-order valence-electron chi connectivity index (χ3n) is 6.44. The predicted molar refractivity (Wildman–Crippen MR) is 118 cm³/mol. The van der Waals surface area contributed by atoms with E-state index in [1.165, 1.54) is 0 Å². The van der Waals surface area contributed by atoms with E-state index in [1.54, 1.807) is 4.68 Å². The van der Waals surface area contributed by atoms with Gasteiger partial charge in [-0.15, -0.1) is 0 Å². The van der Waals surface area contributed by atoms with Gasteiger partial charge in [0.05, 0.1) is 24.1 Å². The van der Waals surface area contributed by atoms with Crippen LogP contribution in [0.2, 0.25) is 0 Å². The third-order valence-corrected chi connectivity index (χ3v) is 6.44. The molecule has 0 saturated heterocycles. The van der Waals surface area contributed by atoms with Crippen LogP contribution in [-0.2, 0) is 11.3 Å². The Morgan fingerprint density at radius 2 is 2.00 bits per heavy atom. The average Bonchev–Trinajstić information content (AvgIpc) is 3.42. The number of nitrogens with zero attached hydrogens (tertiary/aromatic N) is 6. The van der Waals surface area contributed by atoms with E-state index in [2.05, 4.69) is 38.9 Å². The molecule has 156 valence electrons. The van der Waals surface area contributed by atoms with E-state index in [-0.39, 0.29) is 11.9 Å². The second-order valence-electron chi connectivity index (χ2n) is 8.81. The maximum absolute atomic E-state index is 12.7. The molecule has 7 nitrogen and oxygen atoms in total. The van der Waals surface area contributed by atoms with E-state index >= 15 is 0 Å². The molecule has 0 spiro atoms. The standard InChI is InChI=1S/C24H24N6O/c1-14-10-26-29(12-14)21-9-17-5-4-6-18(19(17)11-25-21)22-20-13-28(3)24(31)15(2)30(20)23(27-22)16-7-8-16/h4-6,9-12,15-16H,7-8,13H2,1-3H3/t15-/m1/s1. The van der Waals surface area contributed by atoms with Gasteiger partial charge in [-0.1, -0.05) is 18.2 Å². The van der Waals surface area contributed by atoms with Crippen molar-refractivity contribution in [2.75, 3.05) is 7.05 Å². The van der Waals surface area contributed by atoms with Crippen LogP contribution in [0.4, 0.5) is 0 Å². The second-order valence-corrected chi connectivity index (χ2v) is 8.81. The van der Waals surface area contributed by atoms with E-state index < -0.39 is 0 Å². The normalized spacial score (nSPS) is 18.6. The summed E-state index contributed by atoms with van der Waals surface area (Å²) < 4.78 is 4.00. The van der Waals surface area contributed by atoms with Crippen LogP contribution in [0.1, 0.15) is 48.8 Å². The quantitative estimate of drug-likeness (QED) is 0.510. The van der Waals surface area contributed by atoms with E-state index in [9.17, 15) is 4.79 Å². The molecule has 3 aromatic heterocycles. The van der Waals surface area contributed by atoms with Crippen molar-refractivity contribution in [2.45, 2.75) is 45.2 Å². The molecular formula is C24H24N6O. The van der Waals surface area contributed by atoms with Crippen molar-refractivity contribution in [2.24, 2.45) is 0 Å². The van der Waals surface area contributed by atoms with Crippen LogP contribution in [-0.4, -0.2) is 42.2 Å². The number of pyridine rings is 1. The van der Waals surface area contributed by atoms with E-state index in [4.69, 9.17) is 4.98 Å². The molecule has 1 fully saturated rings. The Kier molecular flexibility index (Phi) is 3.84. The minimum atomic E-state index is -0.214. The first-order valence-electron chi connectivity index (χ1n) is 10.8. The molecule has 31 heavy (non-hydrogen) atoms. The van der Waals surface area contributed by atoms with Gasteiger partial charge in [0.25, 0.3) is 0 Å². The fourth-order valence-corrected chi connectivity index (χ4v) is 4.68. The lowest BCUT2D eigenvalue weighted by Crippen LogP contribution is -2.39. The number of carbonyl (C=O) groups excluding carboxylic acids is 1. The summed E-state index contributed by atoms with van der Waals surface area (Å²) in [6.07, 6.45) is 8.02. The molecule has 0 N–H and O–H groups in total. The number of fused-ring (bicyclic) bond motifs is 2. The highest BCUT2D eigenvalue weighted by Gasteiger charge is 2.38. The molecule has 1 saturated carbocycles. The largest absolute Gasteiger partial charge is 0.338 e. The lowest BCUT2D eigenvalue weighted by Gasteiger charge is -2.31. The Balaban J connectivity index is 1.53. The summed E-state index contributed by atoms with van der Waals surface area (Å²) in [5, 5.41) is 6.54. The van der Waals surface area contributed by atoms with E-state index in [0.717, 1.165) is 57.8 Å². The highest BCUT2D eigenvalue weighted by atomic mass is 16.2. The number of carbonyl (C=O) groups is 1. The molecule has 6 rings (SSSR count). The average molecular weight is 412 g/mol. The number of amides is 1. The number of aromatic nitrogens is 5. The first-order chi connectivity index (χ1) is 15.0. The van der Waals surface area contributed by atoms with Crippen molar-refractivity contribution in [1.82, 2.24) is 29.2 Å². The topological polar surface area (TPSA) is 68.8 Å². The van der Waals surface area contributed by atoms with Crippen LogP contribution in [0.15, 0.2) is 42.9 Å². The van der Waals surface area contributed by atoms with Crippen molar-refractivity contribution >= 4 is 16.7 Å². The number of hydrogen-bond donors (Lipinski definition) is 0. The fraction of sp³-hybridized carbons (Fsp3) is 0.333. The number of imidazole rings is 1. The van der Waals surface area contributed by atoms with Gasteiger partial charge in [-0.25, -0.2) is 14.6 Å². The van der Waals surface area contributed by atoms with Crippen molar-refractivity contribution in [3.8, 4) is 17.1 Å². The molecule has 1 aromatic carbocycles. The number of rotatable bonds is 3. The Labute approximate surface area is 180 Å². The van der Waals surface area contributed by atoms with Gasteiger partial charge in [0, 0.05) is 36.3 Å². The summed E-state index contributed by atoms with van der Waals surface area (Å²) in [6.45, 7) is 4.58. The lowest BCUT2D eigenvalue weighted by atomic mass is 10.0. The van der Waals surface area contributed by atoms with Crippen molar-refractivity contribution in [3.63, 3.8) is 0 Å². The number of aryl methyl sites for hydroxylation is 1. The van der Waals surface area contributed by atoms with Crippen molar-refractivity contribution in [3.05, 3.63) is 59.9 Å². The molecule has 1 aliphatic heterocycles. The molecule has 7 heteroatoms. The van der Waals surface area contributed by atoms with Gasteiger partial charge in [0.15, 0.2) is 5.82 Å². The highest BCUT2D eigenvalue weighted by molar-refractivity contribution is 5.97.